The van der Waals surface area contributed by atoms with Crippen molar-refractivity contribution in [2.24, 2.45) is 0 Å². The maximum absolute atomic E-state index is 12.1. The van der Waals surface area contributed by atoms with E-state index in [0.29, 0.717) is 11.1 Å². The number of alkyl halides is 3. The zero-order valence-electron chi connectivity index (χ0n) is 10.7. The van der Waals surface area contributed by atoms with Gasteiger partial charge in [-0.1, -0.05) is 0 Å². The number of carbonyl (C=O) groups excluding carboxylic acids is 1. The Hall–Kier alpha value is -2.25. The Kier molecular flexibility index (Phi) is 4.59. The van der Waals surface area contributed by atoms with E-state index in [4.69, 9.17) is 9.84 Å². The first-order chi connectivity index (χ1) is 9.11. The average molecular weight is 291 g/mol. The van der Waals surface area contributed by atoms with Crippen molar-refractivity contribution in [3.63, 3.8) is 0 Å². The van der Waals surface area contributed by atoms with Crippen molar-refractivity contribution in [2.75, 3.05) is 11.9 Å². The van der Waals surface area contributed by atoms with E-state index in [1.165, 1.54) is 26.0 Å². The van der Waals surface area contributed by atoms with Crippen LogP contribution in [-0.4, -0.2) is 29.8 Å². The number of halogens is 3. The molecule has 2 N–H and O–H groups in total. The van der Waals surface area contributed by atoms with Gasteiger partial charge in [0.05, 0.1) is 0 Å². The number of carbonyl (C=O) groups is 2. The minimum atomic E-state index is -4.97. The largest absolute Gasteiger partial charge is 0.481 e. The molecule has 0 fully saturated rings. The summed E-state index contributed by atoms with van der Waals surface area (Å²) in [5.74, 6) is -2.98. The molecule has 1 rings (SSSR count). The van der Waals surface area contributed by atoms with Crippen LogP contribution in [0.1, 0.15) is 11.1 Å². The quantitative estimate of drug-likeness (QED) is 0.892. The summed E-state index contributed by atoms with van der Waals surface area (Å²) in [5, 5.41) is 10.2. The molecule has 110 valence electrons. The molecule has 0 aliphatic rings. The third kappa shape index (κ3) is 4.15. The Morgan fingerprint density at radius 3 is 2.15 bits per heavy atom. The number of hydrogen-bond donors (Lipinski definition) is 2. The Morgan fingerprint density at radius 2 is 1.75 bits per heavy atom. The van der Waals surface area contributed by atoms with Gasteiger partial charge in [0.25, 0.3) is 0 Å². The second-order valence-corrected chi connectivity index (χ2v) is 4.07. The molecule has 0 heterocycles. The molecule has 0 aromatic heterocycles. The SMILES string of the molecule is Cc1cc(NC(=O)C(F)(F)F)cc(C)c1OCC(=O)O. The minimum absolute atomic E-state index is 0.0370. The first-order valence-electron chi connectivity index (χ1n) is 5.45. The summed E-state index contributed by atoms with van der Waals surface area (Å²) >= 11 is 0. The van der Waals surface area contributed by atoms with Gasteiger partial charge in [0.15, 0.2) is 6.61 Å². The Labute approximate surface area is 112 Å². The van der Waals surface area contributed by atoms with Crippen LogP contribution in [0, 0.1) is 13.8 Å². The van der Waals surface area contributed by atoms with Crippen molar-refractivity contribution in [1.82, 2.24) is 0 Å². The van der Waals surface area contributed by atoms with Crippen molar-refractivity contribution in [1.29, 1.82) is 0 Å². The summed E-state index contributed by atoms with van der Waals surface area (Å²) < 4.78 is 41.4. The highest BCUT2D eigenvalue weighted by Crippen LogP contribution is 2.28. The lowest BCUT2D eigenvalue weighted by Crippen LogP contribution is -2.30. The highest BCUT2D eigenvalue weighted by molar-refractivity contribution is 5.95. The van der Waals surface area contributed by atoms with E-state index in [1.54, 1.807) is 5.32 Å². The van der Waals surface area contributed by atoms with E-state index in [0.717, 1.165) is 0 Å². The molecule has 0 saturated heterocycles. The van der Waals surface area contributed by atoms with Crippen molar-refractivity contribution in [2.45, 2.75) is 20.0 Å². The third-order valence-corrected chi connectivity index (χ3v) is 2.32. The van der Waals surface area contributed by atoms with Gasteiger partial charge in [-0.25, -0.2) is 4.79 Å². The number of carboxylic acid groups (broad SMARTS) is 1. The highest BCUT2D eigenvalue weighted by Gasteiger charge is 2.38. The van der Waals surface area contributed by atoms with Gasteiger partial charge in [-0.05, 0) is 37.1 Å². The van der Waals surface area contributed by atoms with Gasteiger partial charge >= 0.3 is 18.1 Å². The second kappa shape index (κ2) is 5.81. The van der Waals surface area contributed by atoms with E-state index in [-0.39, 0.29) is 11.4 Å². The lowest BCUT2D eigenvalue weighted by atomic mass is 10.1. The predicted molar refractivity (Wildman–Crippen MR) is 63.7 cm³/mol. The standard InChI is InChI=1S/C12H12F3NO4/c1-6-3-8(16-11(19)12(13,14)15)4-7(2)10(6)20-5-9(17)18/h3-4H,5H2,1-2H3,(H,16,19)(H,17,18). The van der Waals surface area contributed by atoms with Gasteiger partial charge < -0.3 is 15.2 Å². The van der Waals surface area contributed by atoms with Gasteiger partial charge in [-0.15, -0.1) is 0 Å². The Balaban J connectivity index is 2.93. The van der Waals surface area contributed by atoms with E-state index >= 15 is 0 Å². The maximum atomic E-state index is 12.1. The van der Waals surface area contributed by atoms with Gasteiger partial charge in [0, 0.05) is 5.69 Å². The number of benzene rings is 1. The van der Waals surface area contributed by atoms with Crippen LogP contribution in [0.4, 0.5) is 18.9 Å². The molecule has 1 aromatic rings. The number of rotatable bonds is 4. The zero-order chi connectivity index (χ0) is 15.5. The van der Waals surface area contributed by atoms with Gasteiger partial charge in [-0.3, -0.25) is 4.79 Å². The number of nitrogens with one attached hydrogen (secondary N) is 1. The van der Waals surface area contributed by atoms with Crippen LogP contribution in [0.15, 0.2) is 12.1 Å². The molecule has 0 saturated carbocycles. The van der Waals surface area contributed by atoms with Gasteiger partial charge in [-0.2, -0.15) is 13.2 Å². The van der Waals surface area contributed by atoms with Crippen LogP contribution in [0.3, 0.4) is 0 Å². The van der Waals surface area contributed by atoms with Crippen LogP contribution in [0.5, 0.6) is 5.75 Å². The number of aryl methyl sites for hydroxylation is 2. The molecular formula is C12H12F3NO4. The van der Waals surface area contributed by atoms with E-state index in [1.807, 2.05) is 0 Å². The maximum Gasteiger partial charge on any atom is 0.471 e. The molecule has 5 nitrogen and oxygen atoms in total. The van der Waals surface area contributed by atoms with Crippen LogP contribution < -0.4 is 10.1 Å². The van der Waals surface area contributed by atoms with Crippen molar-refractivity contribution in [3.05, 3.63) is 23.3 Å². The smallest absolute Gasteiger partial charge is 0.471 e. The molecule has 0 bridgehead atoms. The zero-order valence-corrected chi connectivity index (χ0v) is 10.7. The molecule has 0 atom stereocenters. The average Bonchev–Trinajstić information content (AvgIpc) is 2.25. The molecule has 0 aliphatic carbocycles. The molecule has 0 aliphatic heterocycles. The van der Waals surface area contributed by atoms with E-state index < -0.39 is 24.7 Å². The lowest BCUT2D eigenvalue weighted by Gasteiger charge is -2.14. The van der Waals surface area contributed by atoms with Crippen LogP contribution in [0.25, 0.3) is 0 Å². The predicted octanol–water partition coefficient (Wildman–Crippen LogP) is 2.27. The summed E-state index contributed by atoms with van der Waals surface area (Å²) in [4.78, 5) is 21.2. The lowest BCUT2D eigenvalue weighted by molar-refractivity contribution is -0.167. The van der Waals surface area contributed by atoms with Gasteiger partial charge in [0.2, 0.25) is 0 Å². The summed E-state index contributed by atoms with van der Waals surface area (Å²) in [6.45, 7) is 2.51. The number of ether oxygens (including phenoxy) is 1. The molecule has 20 heavy (non-hydrogen) atoms. The Morgan fingerprint density at radius 1 is 1.25 bits per heavy atom. The highest BCUT2D eigenvalue weighted by atomic mass is 19.4. The summed E-state index contributed by atoms with van der Waals surface area (Å²) in [5.41, 5.74) is 0.803. The minimum Gasteiger partial charge on any atom is -0.481 e. The number of aliphatic carboxylic acids is 1. The second-order valence-electron chi connectivity index (χ2n) is 4.07. The van der Waals surface area contributed by atoms with Crippen LogP contribution in [-0.2, 0) is 9.59 Å². The molecule has 0 spiro atoms. The molecule has 1 aromatic carbocycles. The van der Waals surface area contributed by atoms with E-state index in [2.05, 4.69) is 0 Å². The molecule has 8 heteroatoms. The topological polar surface area (TPSA) is 75.6 Å². The third-order valence-electron chi connectivity index (χ3n) is 2.32. The fourth-order valence-corrected chi connectivity index (χ4v) is 1.59. The van der Waals surface area contributed by atoms with Crippen LogP contribution in [0.2, 0.25) is 0 Å². The molecule has 0 unspecified atom stereocenters. The summed E-state index contributed by atoms with van der Waals surface area (Å²) in [6.07, 6.45) is -4.97. The number of anilines is 1. The monoisotopic (exact) mass is 291 g/mol. The summed E-state index contributed by atoms with van der Waals surface area (Å²) in [6, 6.07) is 2.54. The Bertz CT molecular complexity index is 517. The summed E-state index contributed by atoms with van der Waals surface area (Å²) in [7, 11) is 0. The van der Waals surface area contributed by atoms with Crippen molar-refractivity contribution in [3.8, 4) is 5.75 Å². The first-order valence-corrected chi connectivity index (χ1v) is 5.45. The number of hydrogen-bond acceptors (Lipinski definition) is 3. The van der Waals surface area contributed by atoms with E-state index in [9.17, 15) is 22.8 Å². The number of carboxylic acids is 1. The van der Waals surface area contributed by atoms with Crippen molar-refractivity contribution < 1.29 is 32.6 Å². The molecule has 0 radical (unpaired) electrons. The number of amides is 1. The fourth-order valence-electron chi connectivity index (χ4n) is 1.59. The van der Waals surface area contributed by atoms with Gasteiger partial charge in [0.1, 0.15) is 5.75 Å². The normalized spacial score (nSPS) is 11.1. The fraction of sp³-hybridized carbons (Fsp3) is 0.333. The first kappa shape index (κ1) is 15.8. The van der Waals surface area contributed by atoms with Crippen molar-refractivity contribution >= 4 is 17.6 Å². The molecule has 1 amide bonds. The van der Waals surface area contributed by atoms with Crippen LogP contribution >= 0.6 is 0 Å². The molecular weight excluding hydrogens is 279 g/mol.